The van der Waals surface area contributed by atoms with Gasteiger partial charge in [-0.1, -0.05) is 6.07 Å². The molecule has 16 heavy (non-hydrogen) atoms. The van der Waals surface area contributed by atoms with Gasteiger partial charge >= 0.3 is 5.97 Å². The Kier molecular flexibility index (Phi) is 1.99. The molecule has 0 amide bonds. The SMILES string of the molecule is CC(=O)Oc1cccc2c1ccn2C1CC1. The summed E-state index contributed by atoms with van der Waals surface area (Å²) in [6.45, 7) is 1.43. The molecule has 2 aromatic rings. The van der Waals surface area contributed by atoms with E-state index in [2.05, 4.69) is 16.8 Å². The molecule has 0 aliphatic heterocycles. The quantitative estimate of drug-likeness (QED) is 0.569. The van der Waals surface area contributed by atoms with Crippen LogP contribution in [0, 0.1) is 0 Å². The summed E-state index contributed by atoms with van der Waals surface area (Å²) in [7, 11) is 0. The standard InChI is InChI=1S/C13H13NO2/c1-9(15)16-13-4-2-3-12-11(13)7-8-14(12)10-5-6-10/h2-4,7-8,10H,5-6H2,1H3. The number of carbonyl (C=O) groups excluding carboxylic acids is 1. The maximum Gasteiger partial charge on any atom is 0.308 e. The highest BCUT2D eigenvalue weighted by molar-refractivity contribution is 5.88. The second kappa shape index (κ2) is 3.37. The predicted molar refractivity (Wildman–Crippen MR) is 61.5 cm³/mol. The van der Waals surface area contributed by atoms with E-state index >= 15 is 0 Å². The van der Waals surface area contributed by atoms with Crippen LogP contribution in [0.1, 0.15) is 25.8 Å². The molecule has 3 nitrogen and oxygen atoms in total. The van der Waals surface area contributed by atoms with Gasteiger partial charge in [-0.25, -0.2) is 0 Å². The van der Waals surface area contributed by atoms with Crippen molar-refractivity contribution in [3.8, 4) is 5.75 Å². The number of benzene rings is 1. The molecule has 1 aliphatic carbocycles. The van der Waals surface area contributed by atoms with E-state index in [1.54, 1.807) is 0 Å². The van der Waals surface area contributed by atoms with Gasteiger partial charge in [-0.3, -0.25) is 4.79 Å². The molecular weight excluding hydrogens is 202 g/mol. The van der Waals surface area contributed by atoms with Gasteiger partial charge in [0.1, 0.15) is 5.75 Å². The van der Waals surface area contributed by atoms with Crippen LogP contribution in [0.3, 0.4) is 0 Å². The number of hydrogen-bond acceptors (Lipinski definition) is 2. The third kappa shape index (κ3) is 1.48. The molecule has 1 heterocycles. The van der Waals surface area contributed by atoms with Gasteiger partial charge in [-0.05, 0) is 31.0 Å². The Hall–Kier alpha value is -1.77. The van der Waals surface area contributed by atoms with Crippen LogP contribution in [-0.2, 0) is 4.79 Å². The van der Waals surface area contributed by atoms with Crippen molar-refractivity contribution in [2.75, 3.05) is 0 Å². The molecule has 82 valence electrons. The molecule has 0 N–H and O–H groups in total. The molecule has 0 spiro atoms. The number of rotatable bonds is 2. The Balaban J connectivity index is 2.12. The van der Waals surface area contributed by atoms with Gasteiger partial charge in [0, 0.05) is 24.5 Å². The van der Waals surface area contributed by atoms with Crippen LogP contribution >= 0.6 is 0 Å². The van der Waals surface area contributed by atoms with Gasteiger partial charge in [-0.2, -0.15) is 0 Å². The fourth-order valence-electron chi connectivity index (χ4n) is 2.08. The van der Waals surface area contributed by atoms with Crippen LogP contribution in [0.2, 0.25) is 0 Å². The topological polar surface area (TPSA) is 31.2 Å². The fraction of sp³-hybridized carbons (Fsp3) is 0.308. The average Bonchev–Trinajstić information content (AvgIpc) is 2.98. The van der Waals surface area contributed by atoms with Crippen LogP contribution in [-0.4, -0.2) is 10.5 Å². The molecule has 0 unspecified atom stereocenters. The van der Waals surface area contributed by atoms with Crippen molar-refractivity contribution in [1.29, 1.82) is 0 Å². The maximum absolute atomic E-state index is 11.0. The number of ether oxygens (including phenoxy) is 1. The van der Waals surface area contributed by atoms with E-state index in [1.165, 1.54) is 19.8 Å². The molecule has 1 aliphatic rings. The second-order valence-corrected chi connectivity index (χ2v) is 4.24. The molecule has 0 bridgehead atoms. The maximum atomic E-state index is 11.0. The highest BCUT2D eigenvalue weighted by Crippen LogP contribution is 2.39. The minimum atomic E-state index is -0.272. The van der Waals surface area contributed by atoms with Gasteiger partial charge in [0.25, 0.3) is 0 Å². The predicted octanol–water partition coefficient (Wildman–Crippen LogP) is 2.90. The first-order valence-electron chi connectivity index (χ1n) is 5.53. The summed E-state index contributed by atoms with van der Waals surface area (Å²) >= 11 is 0. The van der Waals surface area contributed by atoms with Crippen molar-refractivity contribution in [2.45, 2.75) is 25.8 Å². The molecule has 1 saturated carbocycles. The van der Waals surface area contributed by atoms with Crippen molar-refractivity contribution in [1.82, 2.24) is 4.57 Å². The molecule has 1 fully saturated rings. The summed E-state index contributed by atoms with van der Waals surface area (Å²) in [4.78, 5) is 11.0. The number of esters is 1. The molecule has 0 saturated heterocycles. The van der Waals surface area contributed by atoms with Crippen molar-refractivity contribution in [3.63, 3.8) is 0 Å². The van der Waals surface area contributed by atoms with E-state index in [0.29, 0.717) is 11.8 Å². The molecule has 1 aromatic carbocycles. The molecule has 1 aromatic heterocycles. The summed E-state index contributed by atoms with van der Waals surface area (Å²) in [6, 6.07) is 8.50. The van der Waals surface area contributed by atoms with E-state index in [-0.39, 0.29) is 5.97 Å². The number of fused-ring (bicyclic) bond motifs is 1. The third-order valence-electron chi connectivity index (χ3n) is 2.92. The minimum absolute atomic E-state index is 0.272. The number of aromatic nitrogens is 1. The molecular formula is C13H13NO2. The first-order chi connectivity index (χ1) is 7.75. The van der Waals surface area contributed by atoms with Crippen molar-refractivity contribution < 1.29 is 9.53 Å². The van der Waals surface area contributed by atoms with Crippen LogP contribution < -0.4 is 4.74 Å². The monoisotopic (exact) mass is 215 g/mol. The van der Waals surface area contributed by atoms with E-state index in [9.17, 15) is 4.79 Å². The highest BCUT2D eigenvalue weighted by atomic mass is 16.5. The third-order valence-corrected chi connectivity index (χ3v) is 2.92. The Morgan fingerprint density at radius 3 is 2.88 bits per heavy atom. The largest absolute Gasteiger partial charge is 0.426 e. The average molecular weight is 215 g/mol. The van der Waals surface area contributed by atoms with E-state index < -0.39 is 0 Å². The van der Waals surface area contributed by atoms with E-state index in [1.807, 2.05) is 18.2 Å². The Labute approximate surface area is 93.6 Å². The van der Waals surface area contributed by atoms with Crippen molar-refractivity contribution in [2.24, 2.45) is 0 Å². The van der Waals surface area contributed by atoms with E-state index in [4.69, 9.17) is 4.74 Å². The van der Waals surface area contributed by atoms with Gasteiger partial charge in [0.2, 0.25) is 0 Å². The van der Waals surface area contributed by atoms with Gasteiger partial charge < -0.3 is 9.30 Å². The smallest absolute Gasteiger partial charge is 0.308 e. The summed E-state index contributed by atoms with van der Waals surface area (Å²) in [5, 5.41) is 1.02. The van der Waals surface area contributed by atoms with Gasteiger partial charge in [-0.15, -0.1) is 0 Å². The van der Waals surface area contributed by atoms with Gasteiger partial charge in [0.15, 0.2) is 0 Å². The summed E-state index contributed by atoms with van der Waals surface area (Å²) in [5.74, 6) is 0.385. The van der Waals surface area contributed by atoms with E-state index in [0.717, 1.165) is 10.9 Å². The Morgan fingerprint density at radius 2 is 2.19 bits per heavy atom. The summed E-state index contributed by atoms with van der Waals surface area (Å²) < 4.78 is 7.45. The number of hydrogen-bond donors (Lipinski definition) is 0. The van der Waals surface area contributed by atoms with Crippen LogP contribution in [0.25, 0.3) is 10.9 Å². The highest BCUT2D eigenvalue weighted by Gasteiger charge is 2.24. The zero-order chi connectivity index (χ0) is 11.1. The van der Waals surface area contributed by atoms with Crippen molar-refractivity contribution >= 4 is 16.9 Å². The first kappa shape index (κ1) is 9.46. The van der Waals surface area contributed by atoms with Crippen LogP contribution in [0.4, 0.5) is 0 Å². The number of carbonyl (C=O) groups is 1. The Morgan fingerprint density at radius 1 is 1.38 bits per heavy atom. The zero-order valence-electron chi connectivity index (χ0n) is 9.14. The van der Waals surface area contributed by atoms with Crippen molar-refractivity contribution in [3.05, 3.63) is 30.5 Å². The first-order valence-corrected chi connectivity index (χ1v) is 5.53. The molecule has 0 atom stereocenters. The second-order valence-electron chi connectivity index (χ2n) is 4.24. The van der Waals surface area contributed by atoms with Crippen LogP contribution in [0.15, 0.2) is 30.5 Å². The molecule has 0 radical (unpaired) electrons. The molecule has 3 rings (SSSR count). The Bertz CT molecular complexity index is 552. The van der Waals surface area contributed by atoms with Crippen LogP contribution in [0.5, 0.6) is 5.75 Å². The lowest BCUT2D eigenvalue weighted by Gasteiger charge is -2.05. The normalized spacial score (nSPS) is 15.3. The minimum Gasteiger partial charge on any atom is -0.426 e. The lowest BCUT2D eigenvalue weighted by molar-refractivity contribution is -0.131. The lowest BCUT2D eigenvalue weighted by Crippen LogP contribution is -2.01. The fourth-order valence-corrected chi connectivity index (χ4v) is 2.08. The summed E-state index contributed by atoms with van der Waals surface area (Å²) in [6.07, 6.45) is 4.58. The number of nitrogens with zero attached hydrogens (tertiary/aromatic N) is 1. The summed E-state index contributed by atoms with van der Waals surface area (Å²) in [5.41, 5.74) is 1.15. The lowest BCUT2D eigenvalue weighted by atomic mass is 10.2. The zero-order valence-corrected chi connectivity index (χ0v) is 9.14. The van der Waals surface area contributed by atoms with Gasteiger partial charge in [0.05, 0.1) is 5.52 Å². The molecule has 3 heteroatoms.